The number of hydrogen-bond donors (Lipinski definition) is 0. The predicted molar refractivity (Wildman–Crippen MR) is 123 cm³/mol. The highest BCUT2D eigenvalue weighted by atomic mass is 79.9. The number of aromatic nitrogens is 4. The average molecular weight is 462 g/mol. The molecule has 3 aromatic heterocycles. The van der Waals surface area contributed by atoms with E-state index < -0.39 is 0 Å². The lowest BCUT2D eigenvalue weighted by Gasteiger charge is -2.10. The summed E-state index contributed by atoms with van der Waals surface area (Å²) in [6.07, 6.45) is 3.81. The number of nitriles is 1. The first-order valence-electron chi connectivity index (χ1n) is 10.1. The monoisotopic (exact) mass is 461 g/mol. The number of benzene rings is 1. The molecule has 0 atom stereocenters. The first kappa shape index (κ1) is 20.4. The van der Waals surface area contributed by atoms with Gasteiger partial charge in [0.2, 0.25) is 0 Å². The van der Waals surface area contributed by atoms with Crippen molar-refractivity contribution in [2.24, 2.45) is 7.05 Å². The molecule has 0 fully saturated rings. The van der Waals surface area contributed by atoms with E-state index in [9.17, 15) is 5.26 Å². The number of pyridine rings is 1. The molecule has 0 aliphatic heterocycles. The number of aryl methyl sites for hydroxylation is 4. The van der Waals surface area contributed by atoms with E-state index in [2.05, 4.69) is 70.7 Å². The van der Waals surface area contributed by atoms with E-state index in [1.54, 1.807) is 0 Å². The van der Waals surface area contributed by atoms with E-state index in [0.717, 1.165) is 57.8 Å². The fourth-order valence-electron chi connectivity index (χ4n) is 3.95. The third kappa shape index (κ3) is 3.54. The second kappa shape index (κ2) is 8.08. The van der Waals surface area contributed by atoms with Crippen LogP contribution in [0, 0.1) is 25.2 Å². The Morgan fingerprint density at radius 2 is 1.87 bits per heavy atom. The molecule has 0 radical (unpaired) electrons. The third-order valence-corrected chi connectivity index (χ3v) is 6.34. The summed E-state index contributed by atoms with van der Waals surface area (Å²) >= 11 is 3.60. The van der Waals surface area contributed by atoms with Gasteiger partial charge in [-0.2, -0.15) is 5.26 Å². The molecule has 0 aliphatic rings. The number of rotatable bonds is 5. The van der Waals surface area contributed by atoms with Gasteiger partial charge in [-0.05, 0) is 59.0 Å². The fraction of sp³-hybridized carbons (Fsp3) is 0.292. The number of fused-ring (bicyclic) bond motifs is 1. The van der Waals surface area contributed by atoms with Gasteiger partial charge in [-0.3, -0.25) is 0 Å². The predicted octanol–water partition coefficient (Wildman–Crippen LogP) is 5.69. The maximum atomic E-state index is 9.47. The minimum absolute atomic E-state index is 0.665. The summed E-state index contributed by atoms with van der Waals surface area (Å²) in [5, 5.41) is 9.47. The van der Waals surface area contributed by atoms with Gasteiger partial charge in [-0.25, -0.2) is 9.97 Å². The maximum absolute atomic E-state index is 9.47. The molecule has 4 rings (SSSR count). The standard InChI is InChI=1S/C24H24BrN5/c1-5-6-20-28-22-15(2)11-16(3)27-24(22)30(20)13-17-7-9-18(10-8-17)21-19(12-26)14-29(4)23(21)25/h7-11,14H,5-6,13H2,1-4H3. The van der Waals surface area contributed by atoms with Crippen LogP contribution in [0.3, 0.4) is 0 Å². The van der Waals surface area contributed by atoms with Crippen LogP contribution in [0.5, 0.6) is 0 Å². The summed E-state index contributed by atoms with van der Waals surface area (Å²) in [6.45, 7) is 7.03. The molecule has 3 heterocycles. The molecule has 6 heteroatoms. The Hall–Kier alpha value is -2.91. The summed E-state index contributed by atoms with van der Waals surface area (Å²) < 4.78 is 5.08. The van der Waals surface area contributed by atoms with E-state index in [-0.39, 0.29) is 0 Å². The van der Waals surface area contributed by atoms with Gasteiger partial charge in [0.1, 0.15) is 17.4 Å². The highest BCUT2D eigenvalue weighted by Crippen LogP contribution is 2.33. The van der Waals surface area contributed by atoms with Gasteiger partial charge in [-0.15, -0.1) is 0 Å². The van der Waals surface area contributed by atoms with E-state index in [1.165, 1.54) is 11.1 Å². The van der Waals surface area contributed by atoms with Crippen molar-refractivity contribution in [1.82, 2.24) is 19.1 Å². The Morgan fingerprint density at radius 1 is 1.13 bits per heavy atom. The normalized spacial score (nSPS) is 11.2. The van der Waals surface area contributed by atoms with Crippen LogP contribution in [0.4, 0.5) is 0 Å². The smallest absolute Gasteiger partial charge is 0.160 e. The van der Waals surface area contributed by atoms with E-state index in [4.69, 9.17) is 9.97 Å². The number of imidazole rings is 1. The lowest BCUT2D eigenvalue weighted by atomic mass is 10.0. The van der Waals surface area contributed by atoms with Gasteiger partial charge in [0, 0.05) is 30.9 Å². The van der Waals surface area contributed by atoms with Crippen molar-refractivity contribution < 1.29 is 0 Å². The number of hydrogen-bond acceptors (Lipinski definition) is 3. The summed E-state index contributed by atoms with van der Waals surface area (Å²) in [4.78, 5) is 9.69. The van der Waals surface area contributed by atoms with Crippen LogP contribution < -0.4 is 0 Å². The molecule has 0 N–H and O–H groups in total. The quantitative estimate of drug-likeness (QED) is 0.383. The van der Waals surface area contributed by atoms with Gasteiger partial charge in [-0.1, -0.05) is 31.2 Å². The van der Waals surface area contributed by atoms with Crippen molar-refractivity contribution in [3.05, 3.63) is 69.3 Å². The minimum atomic E-state index is 0.665. The first-order valence-corrected chi connectivity index (χ1v) is 10.9. The van der Waals surface area contributed by atoms with Gasteiger partial charge >= 0.3 is 0 Å². The van der Waals surface area contributed by atoms with Crippen molar-refractivity contribution in [3.63, 3.8) is 0 Å². The molecule has 0 unspecified atom stereocenters. The molecule has 0 bridgehead atoms. The summed E-state index contributed by atoms with van der Waals surface area (Å²) in [7, 11) is 1.93. The zero-order valence-corrected chi connectivity index (χ0v) is 19.3. The highest BCUT2D eigenvalue weighted by molar-refractivity contribution is 9.10. The molecule has 0 aliphatic carbocycles. The van der Waals surface area contributed by atoms with Crippen LogP contribution in [0.15, 0.2) is 41.1 Å². The molecule has 30 heavy (non-hydrogen) atoms. The van der Waals surface area contributed by atoms with Crippen LogP contribution in [-0.4, -0.2) is 19.1 Å². The molecular formula is C24H24BrN5. The van der Waals surface area contributed by atoms with E-state index in [1.807, 2.05) is 24.7 Å². The Balaban J connectivity index is 1.73. The number of halogens is 1. The Bertz CT molecular complexity index is 1270. The Kier molecular flexibility index (Phi) is 5.48. The Labute approximate surface area is 185 Å². The van der Waals surface area contributed by atoms with E-state index in [0.29, 0.717) is 5.56 Å². The summed E-state index contributed by atoms with van der Waals surface area (Å²) in [5.41, 5.74) is 7.93. The zero-order valence-electron chi connectivity index (χ0n) is 17.7. The molecule has 0 amide bonds. The largest absolute Gasteiger partial charge is 0.344 e. The molecule has 1 aromatic carbocycles. The topological polar surface area (TPSA) is 59.4 Å². The molecule has 0 saturated carbocycles. The van der Waals surface area contributed by atoms with Crippen LogP contribution in [0.25, 0.3) is 22.3 Å². The SMILES string of the molecule is CCCc1nc2c(C)cc(C)nc2n1Cc1ccc(-c2c(C#N)cn(C)c2Br)cc1. The third-order valence-electron chi connectivity index (χ3n) is 5.39. The Morgan fingerprint density at radius 3 is 2.53 bits per heavy atom. The molecule has 152 valence electrons. The van der Waals surface area contributed by atoms with Crippen molar-refractivity contribution in [2.45, 2.75) is 40.2 Å². The van der Waals surface area contributed by atoms with E-state index >= 15 is 0 Å². The maximum Gasteiger partial charge on any atom is 0.160 e. The number of nitrogens with zero attached hydrogens (tertiary/aromatic N) is 5. The highest BCUT2D eigenvalue weighted by Gasteiger charge is 2.16. The van der Waals surface area contributed by atoms with Crippen molar-refractivity contribution in [1.29, 1.82) is 5.26 Å². The first-order chi connectivity index (χ1) is 14.4. The van der Waals surface area contributed by atoms with Gasteiger partial charge in [0.15, 0.2) is 5.65 Å². The molecule has 5 nitrogen and oxygen atoms in total. The van der Waals surface area contributed by atoms with Crippen LogP contribution in [0.1, 0.15) is 41.6 Å². The summed E-state index contributed by atoms with van der Waals surface area (Å²) in [6, 6.07) is 12.8. The van der Waals surface area contributed by atoms with Gasteiger partial charge in [0.05, 0.1) is 16.7 Å². The zero-order chi connectivity index (χ0) is 21.4. The fourth-order valence-corrected chi connectivity index (χ4v) is 4.49. The lowest BCUT2D eigenvalue weighted by molar-refractivity contribution is 0.716. The van der Waals surface area contributed by atoms with Crippen LogP contribution in [0.2, 0.25) is 0 Å². The van der Waals surface area contributed by atoms with Crippen molar-refractivity contribution in [2.75, 3.05) is 0 Å². The molecule has 4 aromatic rings. The second-order valence-electron chi connectivity index (χ2n) is 7.75. The average Bonchev–Trinajstić information content (AvgIpc) is 3.20. The van der Waals surface area contributed by atoms with Crippen molar-refractivity contribution in [3.8, 4) is 17.2 Å². The van der Waals surface area contributed by atoms with Gasteiger partial charge < -0.3 is 9.13 Å². The van der Waals surface area contributed by atoms with Crippen LogP contribution in [-0.2, 0) is 20.0 Å². The second-order valence-corrected chi connectivity index (χ2v) is 8.50. The lowest BCUT2D eigenvalue weighted by Crippen LogP contribution is -2.06. The summed E-state index contributed by atoms with van der Waals surface area (Å²) in [5.74, 6) is 1.08. The van der Waals surface area contributed by atoms with Gasteiger partial charge in [0.25, 0.3) is 0 Å². The molecule has 0 saturated heterocycles. The van der Waals surface area contributed by atoms with Crippen molar-refractivity contribution >= 4 is 27.1 Å². The van der Waals surface area contributed by atoms with Crippen LogP contribution >= 0.6 is 15.9 Å². The minimum Gasteiger partial charge on any atom is -0.344 e. The molecular weight excluding hydrogens is 438 g/mol. The molecule has 0 spiro atoms.